The van der Waals surface area contributed by atoms with Crippen molar-refractivity contribution >= 4 is 5.69 Å². The Morgan fingerprint density at radius 2 is 1.74 bits per heavy atom. The van der Waals surface area contributed by atoms with Gasteiger partial charge in [0.1, 0.15) is 0 Å². The van der Waals surface area contributed by atoms with Crippen LogP contribution >= 0.6 is 0 Å². The summed E-state index contributed by atoms with van der Waals surface area (Å²) >= 11 is 0. The zero-order chi connectivity index (χ0) is 19.6. The summed E-state index contributed by atoms with van der Waals surface area (Å²) in [7, 11) is 4.48. The molecule has 0 saturated carbocycles. The van der Waals surface area contributed by atoms with Crippen LogP contribution in [0.15, 0.2) is 24.3 Å². The number of benzene rings is 1. The van der Waals surface area contributed by atoms with Crippen LogP contribution in [0.5, 0.6) is 0 Å². The molecule has 2 saturated heterocycles. The Hall–Kier alpha value is -1.10. The summed E-state index contributed by atoms with van der Waals surface area (Å²) in [6.45, 7) is 11.9. The number of aliphatic hydroxyl groups excluding tert-OH is 1. The molecule has 3 rings (SSSR count). The van der Waals surface area contributed by atoms with Crippen molar-refractivity contribution in [2.45, 2.75) is 58.7 Å². The molecule has 0 aromatic heterocycles. The lowest BCUT2D eigenvalue weighted by Crippen LogP contribution is -2.47. The Morgan fingerprint density at radius 3 is 2.37 bits per heavy atom. The molecule has 0 spiro atoms. The smallest absolute Gasteiger partial charge is 0.0700 e. The number of rotatable bonds is 4. The van der Waals surface area contributed by atoms with E-state index in [4.69, 9.17) is 0 Å². The molecule has 2 atom stereocenters. The molecule has 0 amide bonds. The van der Waals surface area contributed by atoms with Gasteiger partial charge in [0, 0.05) is 31.9 Å². The Morgan fingerprint density at radius 1 is 1.07 bits per heavy atom. The summed E-state index contributed by atoms with van der Waals surface area (Å²) in [6.07, 6.45) is 3.32. The highest BCUT2D eigenvalue weighted by atomic mass is 16.3. The Kier molecular flexibility index (Phi) is 6.50. The van der Waals surface area contributed by atoms with Gasteiger partial charge in [-0.1, -0.05) is 39.0 Å². The molecule has 4 nitrogen and oxygen atoms in total. The maximum atomic E-state index is 10.7. The van der Waals surface area contributed by atoms with Crippen LogP contribution in [0.2, 0.25) is 0 Å². The molecule has 0 radical (unpaired) electrons. The SMILES string of the molecule is CN1CCC(N(C)c2ccccc2CN2CC[C@@H](C(C)(C)C)[C@@H](O)C2)CC1. The lowest BCUT2D eigenvalue weighted by atomic mass is 9.73. The standard InChI is InChI=1S/C23H39N3O/c1-23(2,3)20-12-15-26(17-22(20)27)16-18-8-6-7-9-21(18)25(5)19-10-13-24(4)14-11-19/h6-9,19-20,22,27H,10-17H2,1-5H3/t20-,22+/m1/s1. The number of hydrogen-bond acceptors (Lipinski definition) is 4. The van der Waals surface area contributed by atoms with E-state index in [1.165, 1.54) is 37.2 Å². The van der Waals surface area contributed by atoms with Crippen LogP contribution in [0.3, 0.4) is 0 Å². The van der Waals surface area contributed by atoms with Crippen LogP contribution in [0, 0.1) is 11.3 Å². The van der Waals surface area contributed by atoms with Gasteiger partial charge < -0.3 is 14.9 Å². The molecule has 2 fully saturated rings. The molecule has 4 heteroatoms. The fraction of sp³-hybridized carbons (Fsp3) is 0.739. The minimum Gasteiger partial charge on any atom is -0.391 e. The molecule has 1 aromatic rings. The summed E-state index contributed by atoms with van der Waals surface area (Å²) in [4.78, 5) is 7.37. The number of anilines is 1. The van der Waals surface area contributed by atoms with Crippen LogP contribution < -0.4 is 4.90 Å². The van der Waals surface area contributed by atoms with E-state index in [2.05, 4.69) is 73.8 Å². The first-order valence-corrected chi connectivity index (χ1v) is 10.7. The number of β-amino-alcohol motifs (C(OH)–C–C–N with tert-alkyl or cyclic N) is 1. The molecule has 0 bridgehead atoms. The van der Waals surface area contributed by atoms with E-state index in [1.54, 1.807) is 0 Å². The summed E-state index contributed by atoms with van der Waals surface area (Å²) in [5, 5.41) is 10.7. The second-order valence-electron chi connectivity index (χ2n) is 9.84. The first-order valence-electron chi connectivity index (χ1n) is 10.7. The molecule has 0 aliphatic carbocycles. The Bertz CT molecular complexity index is 604. The monoisotopic (exact) mass is 373 g/mol. The fourth-order valence-electron chi connectivity index (χ4n) is 4.96. The second-order valence-corrected chi connectivity index (χ2v) is 9.84. The van der Waals surface area contributed by atoms with E-state index in [0.29, 0.717) is 12.0 Å². The van der Waals surface area contributed by atoms with Gasteiger partial charge in [0.05, 0.1) is 6.10 Å². The van der Waals surface area contributed by atoms with Gasteiger partial charge in [0.2, 0.25) is 0 Å². The van der Waals surface area contributed by atoms with Crippen LogP contribution in [-0.4, -0.2) is 67.3 Å². The number of hydrogen-bond donors (Lipinski definition) is 1. The Labute approximate surface area is 166 Å². The third-order valence-electron chi connectivity index (χ3n) is 6.78. The van der Waals surface area contributed by atoms with Gasteiger partial charge in [-0.25, -0.2) is 0 Å². The van der Waals surface area contributed by atoms with Crippen LogP contribution in [-0.2, 0) is 6.54 Å². The highest BCUT2D eigenvalue weighted by Crippen LogP contribution is 2.35. The van der Waals surface area contributed by atoms with Gasteiger partial charge in [-0.3, -0.25) is 4.90 Å². The number of nitrogens with zero attached hydrogens (tertiary/aromatic N) is 3. The molecular weight excluding hydrogens is 334 g/mol. The summed E-state index contributed by atoms with van der Waals surface area (Å²) in [6, 6.07) is 9.47. The normalized spacial score (nSPS) is 26.3. The van der Waals surface area contributed by atoms with Gasteiger partial charge in [0.25, 0.3) is 0 Å². The van der Waals surface area contributed by atoms with Crippen molar-refractivity contribution in [3.63, 3.8) is 0 Å². The number of piperidine rings is 2. The average Bonchev–Trinajstić information content (AvgIpc) is 2.61. The summed E-state index contributed by atoms with van der Waals surface area (Å²) in [5.74, 6) is 0.394. The number of aliphatic hydroxyl groups is 1. The minimum atomic E-state index is -0.225. The topological polar surface area (TPSA) is 30.0 Å². The van der Waals surface area contributed by atoms with Crippen LogP contribution in [0.1, 0.15) is 45.6 Å². The van der Waals surface area contributed by atoms with E-state index in [0.717, 1.165) is 26.1 Å². The second kappa shape index (κ2) is 8.50. The molecule has 1 aromatic carbocycles. The molecule has 2 aliphatic rings. The molecule has 0 unspecified atom stereocenters. The maximum absolute atomic E-state index is 10.7. The van der Waals surface area contributed by atoms with Crippen molar-refractivity contribution in [3.8, 4) is 0 Å². The van der Waals surface area contributed by atoms with E-state index in [1.807, 2.05) is 0 Å². The number of likely N-dealkylation sites (tertiary alicyclic amines) is 2. The minimum absolute atomic E-state index is 0.178. The van der Waals surface area contributed by atoms with E-state index >= 15 is 0 Å². The third-order valence-corrected chi connectivity index (χ3v) is 6.78. The molecule has 2 heterocycles. The lowest BCUT2D eigenvalue weighted by Gasteiger charge is -2.43. The van der Waals surface area contributed by atoms with E-state index in [9.17, 15) is 5.11 Å². The first kappa shape index (κ1) is 20.6. The zero-order valence-electron chi connectivity index (χ0n) is 18.0. The Balaban J connectivity index is 1.66. The van der Waals surface area contributed by atoms with Crippen molar-refractivity contribution in [1.82, 2.24) is 9.80 Å². The van der Waals surface area contributed by atoms with Gasteiger partial charge in [0.15, 0.2) is 0 Å². The fourth-order valence-corrected chi connectivity index (χ4v) is 4.96. The highest BCUT2D eigenvalue weighted by molar-refractivity contribution is 5.54. The van der Waals surface area contributed by atoms with Crippen LogP contribution in [0.25, 0.3) is 0 Å². The molecule has 27 heavy (non-hydrogen) atoms. The van der Waals surface area contributed by atoms with Crippen molar-refractivity contribution in [3.05, 3.63) is 29.8 Å². The average molecular weight is 374 g/mol. The van der Waals surface area contributed by atoms with Gasteiger partial charge in [-0.05, 0) is 68.9 Å². The van der Waals surface area contributed by atoms with Crippen LogP contribution in [0.4, 0.5) is 5.69 Å². The molecule has 152 valence electrons. The van der Waals surface area contributed by atoms with Crippen molar-refractivity contribution in [1.29, 1.82) is 0 Å². The van der Waals surface area contributed by atoms with Crippen molar-refractivity contribution in [2.24, 2.45) is 11.3 Å². The number of para-hydroxylation sites is 1. The zero-order valence-corrected chi connectivity index (χ0v) is 18.0. The summed E-state index contributed by atoms with van der Waals surface area (Å²) in [5.41, 5.74) is 2.93. The molecular formula is C23H39N3O. The predicted molar refractivity (Wildman–Crippen MR) is 114 cm³/mol. The highest BCUT2D eigenvalue weighted by Gasteiger charge is 2.35. The first-order chi connectivity index (χ1) is 12.8. The van der Waals surface area contributed by atoms with Gasteiger partial charge >= 0.3 is 0 Å². The van der Waals surface area contributed by atoms with Crippen molar-refractivity contribution in [2.75, 3.05) is 45.2 Å². The van der Waals surface area contributed by atoms with Gasteiger partial charge in [-0.15, -0.1) is 0 Å². The predicted octanol–water partition coefficient (Wildman–Crippen LogP) is 3.45. The van der Waals surface area contributed by atoms with Gasteiger partial charge in [-0.2, -0.15) is 0 Å². The van der Waals surface area contributed by atoms with Crippen molar-refractivity contribution < 1.29 is 5.11 Å². The maximum Gasteiger partial charge on any atom is 0.0700 e. The summed E-state index contributed by atoms with van der Waals surface area (Å²) < 4.78 is 0. The largest absolute Gasteiger partial charge is 0.391 e. The molecule has 1 N–H and O–H groups in total. The van der Waals surface area contributed by atoms with E-state index in [-0.39, 0.29) is 11.5 Å². The van der Waals surface area contributed by atoms with E-state index < -0.39 is 0 Å². The third kappa shape index (κ3) is 5.04. The molecule has 2 aliphatic heterocycles. The quantitative estimate of drug-likeness (QED) is 0.876. The lowest BCUT2D eigenvalue weighted by molar-refractivity contribution is -0.0264.